The number of carbonyl (C=O) groups is 2. The van der Waals surface area contributed by atoms with Crippen molar-refractivity contribution in [3.63, 3.8) is 0 Å². The summed E-state index contributed by atoms with van der Waals surface area (Å²) >= 11 is 18.9. The summed E-state index contributed by atoms with van der Waals surface area (Å²) in [6.07, 6.45) is 0.320. The highest BCUT2D eigenvalue weighted by atomic mass is 35.5. The third-order valence-corrected chi connectivity index (χ3v) is 6.64. The van der Waals surface area contributed by atoms with Gasteiger partial charge in [-0.25, -0.2) is 0 Å². The molecule has 0 unspecified atom stereocenters. The van der Waals surface area contributed by atoms with Crippen molar-refractivity contribution in [1.29, 1.82) is 0 Å². The molecule has 0 fully saturated rings. The van der Waals surface area contributed by atoms with Crippen molar-refractivity contribution in [2.24, 2.45) is 0 Å². The third kappa shape index (κ3) is 7.38. The standard InChI is InChI=1S/C27H27Cl3N2O3/c1-3-31-27(34)25(15-19-8-5-4-6-9-19)32(16-21-23(29)10-7-11-24(21)30)26(33)17-35-20-12-13-22(28)18(2)14-20/h4-14,25H,3,15-17H2,1-2H3,(H,31,34)/t25-/m1/s1. The highest BCUT2D eigenvalue weighted by Gasteiger charge is 2.31. The number of aryl methyl sites for hydroxylation is 1. The Morgan fingerprint density at radius 3 is 2.26 bits per heavy atom. The van der Waals surface area contributed by atoms with E-state index < -0.39 is 6.04 Å². The largest absolute Gasteiger partial charge is 0.484 e. The van der Waals surface area contributed by atoms with Crippen LogP contribution in [-0.4, -0.2) is 35.9 Å². The van der Waals surface area contributed by atoms with Gasteiger partial charge in [0.15, 0.2) is 6.61 Å². The quantitative estimate of drug-likeness (QED) is 0.342. The minimum absolute atomic E-state index is 0.0506. The van der Waals surface area contributed by atoms with Crippen molar-refractivity contribution in [1.82, 2.24) is 10.2 Å². The number of nitrogens with zero attached hydrogens (tertiary/aromatic N) is 1. The van der Waals surface area contributed by atoms with Crippen LogP contribution in [0.1, 0.15) is 23.6 Å². The number of ether oxygens (including phenoxy) is 1. The van der Waals surface area contributed by atoms with E-state index in [1.54, 1.807) is 36.4 Å². The van der Waals surface area contributed by atoms with E-state index in [2.05, 4.69) is 5.32 Å². The number of benzene rings is 3. The SMILES string of the molecule is CCNC(=O)[C@@H](Cc1ccccc1)N(Cc1c(Cl)cccc1Cl)C(=O)COc1ccc(Cl)c(C)c1. The smallest absolute Gasteiger partial charge is 0.261 e. The molecule has 0 spiro atoms. The van der Waals surface area contributed by atoms with Crippen LogP contribution in [0.5, 0.6) is 5.75 Å². The topological polar surface area (TPSA) is 58.6 Å². The van der Waals surface area contributed by atoms with Gasteiger partial charge in [0.2, 0.25) is 5.91 Å². The molecule has 0 aliphatic rings. The lowest BCUT2D eigenvalue weighted by atomic mass is 10.0. The molecule has 3 aromatic rings. The molecule has 8 heteroatoms. The Labute approximate surface area is 220 Å². The lowest BCUT2D eigenvalue weighted by Crippen LogP contribution is -2.51. The molecule has 1 atom stereocenters. The van der Waals surface area contributed by atoms with Crippen LogP contribution < -0.4 is 10.1 Å². The first-order valence-corrected chi connectivity index (χ1v) is 12.4. The van der Waals surface area contributed by atoms with Gasteiger partial charge in [-0.3, -0.25) is 9.59 Å². The lowest BCUT2D eigenvalue weighted by Gasteiger charge is -2.32. The molecule has 3 aromatic carbocycles. The first-order valence-electron chi connectivity index (χ1n) is 11.2. The van der Waals surface area contributed by atoms with Crippen LogP contribution in [0.3, 0.4) is 0 Å². The summed E-state index contributed by atoms with van der Waals surface area (Å²) < 4.78 is 5.78. The molecule has 1 N–H and O–H groups in total. The summed E-state index contributed by atoms with van der Waals surface area (Å²) in [5.74, 6) is -0.135. The zero-order chi connectivity index (χ0) is 25.4. The number of carbonyl (C=O) groups excluding carboxylic acids is 2. The second-order valence-electron chi connectivity index (χ2n) is 8.02. The van der Waals surface area contributed by atoms with Crippen LogP contribution in [0.15, 0.2) is 66.7 Å². The highest BCUT2D eigenvalue weighted by Crippen LogP contribution is 2.27. The van der Waals surface area contributed by atoms with Gasteiger partial charge in [0.25, 0.3) is 5.91 Å². The molecule has 0 saturated carbocycles. The van der Waals surface area contributed by atoms with E-state index in [1.165, 1.54) is 4.90 Å². The van der Waals surface area contributed by atoms with Crippen molar-refractivity contribution in [2.75, 3.05) is 13.2 Å². The molecule has 3 rings (SSSR count). The average Bonchev–Trinajstić information content (AvgIpc) is 2.84. The first kappa shape index (κ1) is 26.9. The van der Waals surface area contributed by atoms with Gasteiger partial charge in [-0.1, -0.05) is 71.2 Å². The fourth-order valence-electron chi connectivity index (χ4n) is 3.63. The van der Waals surface area contributed by atoms with E-state index in [9.17, 15) is 9.59 Å². The lowest BCUT2D eigenvalue weighted by molar-refractivity contribution is -0.142. The molecule has 5 nitrogen and oxygen atoms in total. The maximum absolute atomic E-state index is 13.5. The molecule has 0 aliphatic heterocycles. The molecule has 2 amide bonds. The van der Waals surface area contributed by atoms with Gasteiger partial charge >= 0.3 is 0 Å². The summed E-state index contributed by atoms with van der Waals surface area (Å²) in [4.78, 5) is 28.2. The van der Waals surface area contributed by atoms with Gasteiger partial charge in [0.05, 0.1) is 0 Å². The van der Waals surface area contributed by atoms with Crippen LogP contribution in [-0.2, 0) is 22.6 Å². The van der Waals surface area contributed by atoms with Crippen molar-refractivity contribution in [3.8, 4) is 5.75 Å². The number of hydrogen-bond acceptors (Lipinski definition) is 3. The third-order valence-electron chi connectivity index (χ3n) is 5.50. The van der Waals surface area contributed by atoms with E-state index in [4.69, 9.17) is 39.5 Å². The molecule has 0 aromatic heterocycles. The van der Waals surface area contributed by atoms with Gasteiger partial charge in [-0.15, -0.1) is 0 Å². The Balaban J connectivity index is 1.94. The molecule has 0 radical (unpaired) electrons. The molecule has 0 bridgehead atoms. The zero-order valence-electron chi connectivity index (χ0n) is 19.6. The summed E-state index contributed by atoms with van der Waals surface area (Å²) in [6.45, 7) is 3.90. The van der Waals surface area contributed by atoms with Crippen LogP contribution in [0.2, 0.25) is 15.1 Å². The number of amides is 2. The maximum atomic E-state index is 13.5. The molecule has 0 heterocycles. The summed E-state index contributed by atoms with van der Waals surface area (Å²) in [5.41, 5.74) is 2.32. The predicted molar refractivity (Wildman–Crippen MR) is 141 cm³/mol. The van der Waals surface area contributed by atoms with E-state index >= 15 is 0 Å². The first-order chi connectivity index (χ1) is 16.8. The zero-order valence-corrected chi connectivity index (χ0v) is 21.8. The Morgan fingerprint density at radius 1 is 0.943 bits per heavy atom. The second-order valence-corrected chi connectivity index (χ2v) is 9.24. The molecule has 184 valence electrons. The fourth-order valence-corrected chi connectivity index (χ4v) is 4.27. The highest BCUT2D eigenvalue weighted by molar-refractivity contribution is 6.36. The second kappa shape index (κ2) is 12.8. The number of nitrogens with one attached hydrogen (secondary N) is 1. The van der Waals surface area contributed by atoms with Gasteiger partial charge in [0, 0.05) is 40.1 Å². The number of rotatable bonds is 10. The summed E-state index contributed by atoms with van der Waals surface area (Å²) in [6, 6.07) is 19.1. The Hall–Kier alpha value is -2.73. The van der Waals surface area contributed by atoms with Gasteiger partial charge in [-0.2, -0.15) is 0 Å². The normalized spacial score (nSPS) is 11.6. The summed E-state index contributed by atoms with van der Waals surface area (Å²) in [7, 11) is 0. The van der Waals surface area contributed by atoms with E-state index in [0.717, 1.165) is 11.1 Å². The predicted octanol–water partition coefficient (Wildman–Crippen LogP) is 6.11. The average molecular weight is 534 g/mol. The Morgan fingerprint density at radius 2 is 1.63 bits per heavy atom. The minimum atomic E-state index is -0.798. The van der Waals surface area contributed by atoms with Crippen LogP contribution >= 0.6 is 34.8 Å². The monoisotopic (exact) mass is 532 g/mol. The fraction of sp³-hybridized carbons (Fsp3) is 0.259. The van der Waals surface area contributed by atoms with Crippen LogP contribution in [0.25, 0.3) is 0 Å². The van der Waals surface area contributed by atoms with Crippen molar-refractivity contribution < 1.29 is 14.3 Å². The molecule has 0 saturated heterocycles. The van der Waals surface area contributed by atoms with E-state index in [0.29, 0.717) is 39.3 Å². The minimum Gasteiger partial charge on any atom is -0.484 e. The Bertz CT molecular complexity index is 1150. The van der Waals surface area contributed by atoms with Gasteiger partial charge < -0.3 is 15.0 Å². The van der Waals surface area contributed by atoms with Gasteiger partial charge in [-0.05, 0) is 55.3 Å². The number of hydrogen-bond donors (Lipinski definition) is 1. The van der Waals surface area contributed by atoms with E-state index in [1.807, 2.05) is 44.2 Å². The van der Waals surface area contributed by atoms with Crippen molar-refractivity contribution in [2.45, 2.75) is 32.9 Å². The van der Waals surface area contributed by atoms with Crippen molar-refractivity contribution in [3.05, 3.63) is 98.5 Å². The van der Waals surface area contributed by atoms with E-state index in [-0.39, 0.29) is 25.0 Å². The summed E-state index contributed by atoms with van der Waals surface area (Å²) in [5, 5.41) is 4.29. The molecular weight excluding hydrogens is 507 g/mol. The number of likely N-dealkylation sites (N-methyl/N-ethyl adjacent to an activating group) is 1. The van der Waals surface area contributed by atoms with Crippen molar-refractivity contribution >= 4 is 46.6 Å². The van der Waals surface area contributed by atoms with Crippen LogP contribution in [0.4, 0.5) is 0 Å². The Kier molecular flexibility index (Phi) is 9.84. The van der Waals surface area contributed by atoms with Crippen LogP contribution in [0, 0.1) is 6.92 Å². The molecule has 0 aliphatic carbocycles. The van der Waals surface area contributed by atoms with Gasteiger partial charge in [0.1, 0.15) is 11.8 Å². The molecule has 35 heavy (non-hydrogen) atoms. The molecular formula is C27H27Cl3N2O3. The maximum Gasteiger partial charge on any atom is 0.261 e. The number of halogens is 3.